The molecule has 0 aliphatic heterocycles. The van der Waals surface area contributed by atoms with E-state index in [1.54, 1.807) is 24.3 Å². The van der Waals surface area contributed by atoms with Crippen LogP contribution in [0.15, 0.2) is 82.8 Å². The van der Waals surface area contributed by atoms with Crippen molar-refractivity contribution in [1.82, 2.24) is 9.99 Å². The van der Waals surface area contributed by atoms with E-state index in [4.69, 9.17) is 4.74 Å². The fraction of sp³-hybridized carbons (Fsp3) is 0.0909. The Bertz CT molecular complexity index is 1460. The number of rotatable bonds is 6. The summed E-state index contributed by atoms with van der Waals surface area (Å²) in [6.07, 6.45) is 0. The lowest BCUT2D eigenvalue weighted by Gasteiger charge is -2.11. The number of nitrogens with one attached hydrogen (secondary N) is 2. The summed E-state index contributed by atoms with van der Waals surface area (Å²) < 4.78 is 36.0. The maximum atomic E-state index is 12.7. The van der Waals surface area contributed by atoms with Crippen molar-refractivity contribution in [3.05, 3.63) is 83.2 Å². The average molecular weight is 469 g/mol. The van der Waals surface area contributed by atoms with Crippen LogP contribution in [-0.2, 0) is 17.1 Å². The molecule has 1 amide bonds. The number of ether oxygens (including phenoxy) is 1. The van der Waals surface area contributed by atoms with E-state index in [0.29, 0.717) is 16.2 Å². The standard InChI is InChI=1S/C22H20N4O4S2/c1-26-18-8-4-6-10-20(18)31-22(26)24-23-21(27)15-11-13-16(14-12-15)32(28,29)25-17-7-3-5-9-19(17)30-2/h3-14,25H,1-2H3,(H,23,27)/b24-22-. The number of thiazole rings is 1. The van der Waals surface area contributed by atoms with Gasteiger partial charge in [0.05, 0.1) is 27.9 Å². The number of amides is 1. The van der Waals surface area contributed by atoms with Gasteiger partial charge in [0.2, 0.25) is 4.80 Å². The molecule has 0 radical (unpaired) electrons. The van der Waals surface area contributed by atoms with Crippen molar-refractivity contribution in [2.24, 2.45) is 12.1 Å². The SMILES string of the molecule is COc1ccccc1NS(=O)(=O)c1ccc(C(=O)N/N=c2\sc3ccccc3n2C)cc1. The van der Waals surface area contributed by atoms with Crippen molar-refractivity contribution in [2.75, 3.05) is 11.8 Å². The monoisotopic (exact) mass is 468 g/mol. The van der Waals surface area contributed by atoms with Crippen molar-refractivity contribution in [2.45, 2.75) is 4.90 Å². The molecule has 0 aliphatic rings. The van der Waals surface area contributed by atoms with Crippen molar-refractivity contribution in [3.63, 3.8) is 0 Å². The number of para-hydroxylation sites is 3. The van der Waals surface area contributed by atoms with Crippen molar-refractivity contribution >= 4 is 43.2 Å². The molecule has 4 aromatic rings. The third-order valence-electron chi connectivity index (χ3n) is 4.75. The van der Waals surface area contributed by atoms with Crippen LogP contribution in [0.3, 0.4) is 0 Å². The summed E-state index contributed by atoms with van der Waals surface area (Å²) >= 11 is 1.45. The van der Waals surface area contributed by atoms with Gasteiger partial charge in [-0.25, -0.2) is 13.8 Å². The molecular weight excluding hydrogens is 448 g/mol. The van der Waals surface area contributed by atoms with E-state index in [9.17, 15) is 13.2 Å². The van der Waals surface area contributed by atoms with E-state index in [-0.39, 0.29) is 10.5 Å². The Morgan fingerprint density at radius 1 is 1.00 bits per heavy atom. The largest absolute Gasteiger partial charge is 0.495 e. The molecule has 0 fully saturated rings. The number of aryl methyl sites for hydroxylation is 1. The molecule has 0 spiro atoms. The second-order valence-corrected chi connectivity index (χ2v) is 9.49. The minimum absolute atomic E-state index is 0.0211. The van der Waals surface area contributed by atoms with Gasteiger partial charge in [-0.2, -0.15) is 0 Å². The first-order valence-corrected chi connectivity index (χ1v) is 11.8. The topological polar surface area (TPSA) is 102 Å². The molecular formula is C22H20N4O4S2. The van der Waals surface area contributed by atoms with Crippen LogP contribution in [0.1, 0.15) is 10.4 Å². The van der Waals surface area contributed by atoms with Crippen LogP contribution < -0.4 is 19.7 Å². The number of hydrogen-bond acceptors (Lipinski definition) is 6. The molecule has 3 aromatic carbocycles. The third kappa shape index (κ3) is 4.36. The average Bonchev–Trinajstić information content (AvgIpc) is 3.13. The van der Waals surface area contributed by atoms with Crippen LogP contribution >= 0.6 is 11.3 Å². The number of hydrogen-bond donors (Lipinski definition) is 2. The number of aromatic nitrogens is 1. The van der Waals surface area contributed by atoms with Crippen LogP contribution in [0.4, 0.5) is 5.69 Å². The first-order valence-electron chi connectivity index (χ1n) is 9.53. The van der Waals surface area contributed by atoms with Crippen LogP contribution in [0.2, 0.25) is 0 Å². The lowest BCUT2D eigenvalue weighted by Crippen LogP contribution is -2.23. The normalized spacial score (nSPS) is 12.0. The van der Waals surface area contributed by atoms with Gasteiger partial charge in [0.25, 0.3) is 15.9 Å². The van der Waals surface area contributed by atoms with E-state index in [0.717, 1.165) is 10.2 Å². The Balaban J connectivity index is 1.51. The quantitative estimate of drug-likeness (QED) is 0.424. The second-order valence-electron chi connectivity index (χ2n) is 6.79. The zero-order valence-corrected chi connectivity index (χ0v) is 18.9. The molecule has 0 aliphatic carbocycles. The van der Waals surface area contributed by atoms with Crippen LogP contribution in [-0.4, -0.2) is 26.0 Å². The smallest absolute Gasteiger partial charge is 0.271 e. The van der Waals surface area contributed by atoms with Gasteiger partial charge in [0.15, 0.2) is 0 Å². The summed E-state index contributed by atoms with van der Waals surface area (Å²) in [6.45, 7) is 0. The molecule has 10 heteroatoms. The van der Waals surface area contributed by atoms with E-state index in [1.807, 2.05) is 35.9 Å². The lowest BCUT2D eigenvalue weighted by atomic mass is 10.2. The highest BCUT2D eigenvalue weighted by atomic mass is 32.2. The highest BCUT2D eigenvalue weighted by Gasteiger charge is 2.17. The van der Waals surface area contributed by atoms with Crippen molar-refractivity contribution < 1.29 is 17.9 Å². The maximum Gasteiger partial charge on any atom is 0.271 e. The van der Waals surface area contributed by atoms with Crippen molar-refractivity contribution in [1.29, 1.82) is 0 Å². The van der Waals surface area contributed by atoms with Gasteiger partial charge in [-0.15, -0.1) is 5.10 Å². The van der Waals surface area contributed by atoms with E-state index in [1.165, 1.54) is 42.7 Å². The summed E-state index contributed by atoms with van der Waals surface area (Å²) in [7, 11) is -0.515. The Morgan fingerprint density at radius 2 is 1.69 bits per heavy atom. The highest BCUT2D eigenvalue weighted by molar-refractivity contribution is 7.92. The predicted octanol–water partition coefficient (Wildman–Crippen LogP) is 3.29. The number of nitrogens with zero attached hydrogens (tertiary/aromatic N) is 2. The first-order chi connectivity index (χ1) is 15.4. The molecule has 4 rings (SSSR count). The Kier molecular flexibility index (Phi) is 5.97. The molecule has 164 valence electrons. The molecule has 8 nitrogen and oxygen atoms in total. The van der Waals surface area contributed by atoms with E-state index in [2.05, 4.69) is 15.2 Å². The van der Waals surface area contributed by atoms with Crippen LogP contribution in [0, 0.1) is 0 Å². The van der Waals surface area contributed by atoms with E-state index < -0.39 is 15.9 Å². The molecule has 0 bridgehead atoms. The Hall–Kier alpha value is -3.63. The molecule has 1 aromatic heterocycles. The summed E-state index contributed by atoms with van der Waals surface area (Å²) in [4.78, 5) is 13.1. The number of fused-ring (bicyclic) bond motifs is 1. The Labute approximate surface area is 188 Å². The number of anilines is 1. The molecule has 1 heterocycles. The van der Waals surface area contributed by atoms with Gasteiger partial charge in [-0.3, -0.25) is 9.52 Å². The fourth-order valence-corrected chi connectivity index (χ4v) is 5.12. The van der Waals surface area contributed by atoms with E-state index >= 15 is 0 Å². The first kappa shape index (κ1) is 21.6. The number of sulfonamides is 1. The zero-order chi connectivity index (χ0) is 22.7. The van der Waals surface area contributed by atoms with Crippen molar-refractivity contribution in [3.8, 4) is 5.75 Å². The Morgan fingerprint density at radius 3 is 2.41 bits per heavy atom. The second kappa shape index (κ2) is 8.85. The molecule has 0 atom stereocenters. The molecule has 32 heavy (non-hydrogen) atoms. The summed E-state index contributed by atoms with van der Waals surface area (Å²) in [5.41, 5.74) is 4.15. The summed E-state index contributed by atoms with van der Waals surface area (Å²) in [5.74, 6) is -0.0350. The fourth-order valence-electron chi connectivity index (χ4n) is 3.07. The molecule has 0 saturated carbocycles. The minimum atomic E-state index is -3.85. The number of methoxy groups -OCH3 is 1. The number of carbonyl (C=O) groups is 1. The summed E-state index contributed by atoms with van der Waals surface area (Å²) in [6, 6.07) is 20.2. The van der Waals surface area contributed by atoms with Gasteiger partial charge < -0.3 is 9.30 Å². The number of carbonyl (C=O) groups excluding carboxylic acids is 1. The third-order valence-corrected chi connectivity index (χ3v) is 7.24. The van der Waals surface area contributed by atoms with Gasteiger partial charge in [0, 0.05) is 12.6 Å². The minimum Gasteiger partial charge on any atom is -0.495 e. The summed E-state index contributed by atoms with van der Waals surface area (Å²) in [5, 5.41) is 4.20. The molecule has 0 saturated heterocycles. The predicted molar refractivity (Wildman–Crippen MR) is 124 cm³/mol. The van der Waals surface area contributed by atoms with Crippen LogP contribution in [0.5, 0.6) is 5.75 Å². The molecule has 2 N–H and O–H groups in total. The van der Waals surface area contributed by atoms with Gasteiger partial charge in [-0.1, -0.05) is 35.6 Å². The highest BCUT2D eigenvalue weighted by Crippen LogP contribution is 2.26. The van der Waals surface area contributed by atoms with Gasteiger partial charge in [0.1, 0.15) is 5.75 Å². The maximum absolute atomic E-state index is 12.7. The van der Waals surface area contributed by atoms with Gasteiger partial charge >= 0.3 is 0 Å². The van der Waals surface area contributed by atoms with Crippen LogP contribution in [0.25, 0.3) is 10.2 Å². The van der Waals surface area contributed by atoms with Gasteiger partial charge in [-0.05, 0) is 48.5 Å². The lowest BCUT2D eigenvalue weighted by molar-refractivity contribution is 0.0953. The molecule has 0 unspecified atom stereocenters. The zero-order valence-electron chi connectivity index (χ0n) is 17.3. The number of benzene rings is 3.